The van der Waals surface area contributed by atoms with Crippen molar-refractivity contribution in [2.24, 2.45) is 5.73 Å². The molecule has 1 amide bonds. The molecule has 1 atom stereocenters. The van der Waals surface area contributed by atoms with Crippen LogP contribution in [0.25, 0.3) is 0 Å². The number of primary amides is 1. The van der Waals surface area contributed by atoms with Crippen LogP contribution in [-0.2, 0) is 0 Å². The Labute approximate surface area is 130 Å². The van der Waals surface area contributed by atoms with Crippen LogP contribution >= 0.6 is 0 Å². The Kier molecular flexibility index (Phi) is 4.73. The normalized spacial score (nSPS) is 12.5. The van der Waals surface area contributed by atoms with E-state index in [4.69, 9.17) is 5.73 Å². The SMILES string of the molecule is C[C@H](Nc1ccnc(C(N)=O)c1)c1ccc(OC(F)(F)F)cc1. The van der Waals surface area contributed by atoms with Gasteiger partial charge in [0.25, 0.3) is 5.91 Å². The Morgan fingerprint density at radius 2 is 1.91 bits per heavy atom. The van der Waals surface area contributed by atoms with Gasteiger partial charge in [0, 0.05) is 17.9 Å². The lowest BCUT2D eigenvalue weighted by Gasteiger charge is -2.16. The Hall–Kier alpha value is -2.77. The largest absolute Gasteiger partial charge is 0.573 e. The van der Waals surface area contributed by atoms with E-state index in [1.54, 1.807) is 6.07 Å². The van der Waals surface area contributed by atoms with Crippen LogP contribution in [0.1, 0.15) is 29.0 Å². The van der Waals surface area contributed by atoms with Crippen LogP contribution in [0.15, 0.2) is 42.6 Å². The fraction of sp³-hybridized carbons (Fsp3) is 0.200. The zero-order chi connectivity index (χ0) is 17.0. The maximum absolute atomic E-state index is 12.1. The van der Waals surface area contributed by atoms with Crippen molar-refractivity contribution in [1.29, 1.82) is 0 Å². The number of alkyl halides is 3. The van der Waals surface area contributed by atoms with E-state index in [-0.39, 0.29) is 17.5 Å². The van der Waals surface area contributed by atoms with Crippen LogP contribution in [-0.4, -0.2) is 17.3 Å². The fourth-order valence-corrected chi connectivity index (χ4v) is 1.95. The number of rotatable bonds is 5. The van der Waals surface area contributed by atoms with Gasteiger partial charge in [0.2, 0.25) is 0 Å². The number of ether oxygens (including phenoxy) is 1. The fourth-order valence-electron chi connectivity index (χ4n) is 1.95. The molecule has 5 nitrogen and oxygen atoms in total. The molecule has 0 bridgehead atoms. The molecule has 122 valence electrons. The summed E-state index contributed by atoms with van der Waals surface area (Å²) in [6, 6.07) is 8.47. The van der Waals surface area contributed by atoms with Gasteiger partial charge < -0.3 is 15.8 Å². The van der Waals surface area contributed by atoms with E-state index in [2.05, 4.69) is 15.0 Å². The molecule has 8 heteroatoms. The van der Waals surface area contributed by atoms with Crippen LogP contribution in [0.3, 0.4) is 0 Å². The summed E-state index contributed by atoms with van der Waals surface area (Å²) in [5, 5.41) is 3.11. The Morgan fingerprint density at radius 1 is 1.26 bits per heavy atom. The van der Waals surface area contributed by atoms with Crippen LogP contribution in [0.2, 0.25) is 0 Å². The lowest BCUT2D eigenvalue weighted by molar-refractivity contribution is -0.274. The predicted octanol–water partition coefficient (Wildman–Crippen LogP) is 3.25. The first-order chi connectivity index (χ1) is 10.7. The molecule has 1 heterocycles. The van der Waals surface area contributed by atoms with Gasteiger partial charge >= 0.3 is 6.36 Å². The molecule has 0 unspecified atom stereocenters. The maximum Gasteiger partial charge on any atom is 0.573 e. The second-order valence-corrected chi connectivity index (χ2v) is 4.78. The molecule has 1 aromatic carbocycles. The minimum atomic E-state index is -4.71. The van der Waals surface area contributed by atoms with Crippen molar-refractivity contribution >= 4 is 11.6 Å². The van der Waals surface area contributed by atoms with E-state index in [0.717, 1.165) is 5.56 Å². The van der Waals surface area contributed by atoms with Crippen molar-refractivity contribution < 1.29 is 22.7 Å². The highest BCUT2D eigenvalue weighted by Crippen LogP contribution is 2.25. The highest BCUT2D eigenvalue weighted by atomic mass is 19.4. The number of benzene rings is 1. The summed E-state index contributed by atoms with van der Waals surface area (Å²) in [6.45, 7) is 1.82. The van der Waals surface area contributed by atoms with Crippen LogP contribution in [0.5, 0.6) is 5.75 Å². The van der Waals surface area contributed by atoms with Crippen molar-refractivity contribution in [3.8, 4) is 5.75 Å². The number of nitrogens with zero attached hydrogens (tertiary/aromatic N) is 1. The highest BCUT2D eigenvalue weighted by molar-refractivity contribution is 5.91. The summed E-state index contributed by atoms with van der Waals surface area (Å²) in [5.41, 5.74) is 6.65. The van der Waals surface area contributed by atoms with E-state index in [0.29, 0.717) is 5.69 Å². The summed E-state index contributed by atoms with van der Waals surface area (Å²) in [5.74, 6) is -0.927. The molecule has 3 N–H and O–H groups in total. The van der Waals surface area contributed by atoms with Gasteiger partial charge in [-0.1, -0.05) is 12.1 Å². The Balaban J connectivity index is 2.07. The van der Waals surface area contributed by atoms with Crippen LogP contribution < -0.4 is 15.8 Å². The highest BCUT2D eigenvalue weighted by Gasteiger charge is 2.31. The molecule has 0 aliphatic heterocycles. The number of aromatic nitrogens is 1. The van der Waals surface area contributed by atoms with Gasteiger partial charge in [0.05, 0.1) is 0 Å². The standard InChI is InChI=1S/C15H14F3N3O2/c1-9(21-11-6-7-20-13(8-11)14(19)22)10-2-4-12(5-3-10)23-15(16,17)18/h2-9H,1H3,(H2,19,22)(H,20,21)/t9-/m0/s1. The lowest BCUT2D eigenvalue weighted by atomic mass is 10.1. The Morgan fingerprint density at radius 3 is 2.48 bits per heavy atom. The molecule has 0 fully saturated rings. The monoisotopic (exact) mass is 325 g/mol. The van der Waals surface area contributed by atoms with Crippen molar-refractivity contribution in [1.82, 2.24) is 4.98 Å². The first-order valence-corrected chi connectivity index (χ1v) is 6.63. The molecule has 0 radical (unpaired) electrons. The number of hydrogen-bond acceptors (Lipinski definition) is 4. The smallest absolute Gasteiger partial charge is 0.406 e. The molecule has 0 saturated carbocycles. The van der Waals surface area contributed by atoms with Crippen molar-refractivity contribution in [2.45, 2.75) is 19.3 Å². The zero-order valence-electron chi connectivity index (χ0n) is 12.1. The second-order valence-electron chi connectivity index (χ2n) is 4.78. The van der Waals surface area contributed by atoms with Crippen LogP contribution in [0.4, 0.5) is 18.9 Å². The van der Waals surface area contributed by atoms with Gasteiger partial charge in [-0.05, 0) is 36.8 Å². The molecule has 0 saturated heterocycles. The molecule has 0 aliphatic carbocycles. The van der Waals surface area contributed by atoms with Crippen molar-refractivity contribution in [2.75, 3.05) is 5.32 Å². The van der Waals surface area contributed by atoms with Gasteiger partial charge in [0.1, 0.15) is 11.4 Å². The molecular weight excluding hydrogens is 311 g/mol. The quantitative estimate of drug-likeness (QED) is 0.884. The summed E-state index contributed by atoms with van der Waals surface area (Å²) in [4.78, 5) is 14.9. The van der Waals surface area contributed by atoms with E-state index in [1.807, 2.05) is 6.92 Å². The Bertz CT molecular complexity index is 687. The third kappa shape index (κ3) is 4.87. The van der Waals surface area contributed by atoms with E-state index in [9.17, 15) is 18.0 Å². The summed E-state index contributed by atoms with van der Waals surface area (Å²) in [7, 11) is 0. The second kappa shape index (κ2) is 6.55. The summed E-state index contributed by atoms with van der Waals surface area (Å²) >= 11 is 0. The number of pyridine rings is 1. The molecule has 2 aromatic rings. The number of hydrogen-bond donors (Lipinski definition) is 2. The third-order valence-corrected chi connectivity index (χ3v) is 3.01. The molecule has 1 aromatic heterocycles. The number of nitrogens with two attached hydrogens (primary N) is 1. The van der Waals surface area contributed by atoms with E-state index >= 15 is 0 Å². The van der Waals surface area contributed by atoms with Crippen molar-refractivity contribution in [3.63, 3.8) is 0 Å². The number of amides is 1. The van der Waals surface area contributed by atoms with Gasteiger partial charge in [0.15, 0.2) is 0 Å². The number of anilines is 1. The summed E-state index contributed by atoms with van der Waals surface area (Å²) < 4.78 is 40.2. The number of halogens is 3. The van der Waals surface area contributed by atoms with Gasteiger partial charge in [-0.2, -0.15) is 0 Å². The average Bonchev–Trinajstić information content (AvgIpc) is 2.46. The summed E-state index contributed by atoms with van der Waals surface area (Å²) in [6.07, 6.45) is -3.27. The minimum Gasteiger partial charge on any atom is -0.406 e. The topological polar surface area (TPSA) is 77.2 Å². The van der Waals surface area contributed by atoms with Gasteiger partial charge in [-0.25, -0.2) is 0 Å². The van der Waals surface area contributed by atoms with Crippen molar-refractivity contribution in [3.05, 3.63) is 53.9 Å². The third-order valence-electron chi connectivity index (χ3n) is 3.01. The lowest BCUT2D eigenvalue weighted by Crippen LogP contribution is -2.17. The molecule has 2 rings (SSSR count). The predicted molar refractivity (Wildman–Crippen MR) is 77.9 cm³/mol. The zero-order valence-corrected chi connectivity index (χ0v) is 12.1. The van der Waals surface area contributed by atoms with Gasteiger partial charge in [-0.3, -0.25) is 9.78 Å². The number of carbonyl (C=O) groups excluding carboxylic acids is 1. The first kappa shape index (κ1) is 16.6. The molecular formula is C15H14F3N3O2. The minimum absolute atomic E-state index is 0.121. The van der Waals surface area contributed by atoms with E-state index < -0.39 is 12.3 Å². The van der Waals surface area contributed by atoms with E-state index in [1.165, 1.54) is 36.5 Å². The molecule has 0 aliphatic rings. The number of carbonyl (C=O) groups is 1. The maximum atomic E-state index is 12.1. The first-order valence-electron chi connectivity index (χ1n) is 6.63. The average molecular weight is 325 g/mol. The number of nitrogens with one attached hydrogen (secondary N) is 1. The molecule has 23 heavy (non-hydrogen) atoms. The van der Waals surface area contributed by atoms with Gasteiger partial charge in [-0.15, -0.1) is 13.2 Å². The van der Waals surface area contributed by atoms with Crippen LogP contribution in [0, 0.1) is 0 Å². The molecule has 0 spiro atoms.